The van der Waals surface area contributed by atoms with Gasteiger partial charge in [-0.15, -0.1) is 0 Å². The predicted octanol–water partition coefficient (Wildman–Crippen LogP) is 4.10. The summed E-state index contributed by atoms with van der Waals surface area (Å²) in [5.41, 5.74) is 0.534. The van der Waals surface area contributed by atoms with Crippen molar-refractivity contribution in [3.8, 4) is 11.6 Å². The van der Waals surface area contributed by atoms with Crippen LogP contribution in [0.25, 0.3) is 11.6 Å². The molecule has 0 radical (unpaired) electrons. The van der Waals surface area contributed by atoms with Crippen molar-refractivity contribution in [3.05, 3.63) is 84.2 Å². The van der Waals surface area contributed by atoms with Gasteiger partial charge in [-0.3, -0.25) is 9.97 Å². The summed E-state index contributed by atoms with van der Waals surface area (Å²) in [5.74, 6) is 0.731. The Morgan fingerprint density at radius 2 is 1.32 bits per heavy atom. The molecule has 0 atom stereocenters. The van der Waals surface area contributed by atoms with E-state index in [1.54, 1.807) is 22.9 Å². The van der Waals surface area contributed by atoms with E-state index in [1.807, 2.05) is 39.0 Å². The van der Waals surface area contributed by atoms with Crippen LogP contribution in [0.1, 0.15) is 36.6 Å². The van der Waals surface area contributed by atoms with Gasteiger partial charge in [0.15, 0.2) is 0 Å². The Kier molecular flexibility index (Phi) is 6.18. The van der Waals surface area contributed by atoms with Gasteiger partial charge in [0.1, 0.15) is 0 Å². The SMILES string of the molecule is Cc1cn[c-]n1-c1cccc(C(C)(C)c2cccc(-n3[c-]ncc3C(F)(F)F)n2)n1.[Pt+2]. The maximum Gasteiger partial charge on any atom is 2.00 e. The third kappa shape index (κ3) is 4.32. The fraction of sp³-hybridized carbons (Fsp3) is 0.238. The molecule has 0 amide bonds. The molecule has 0 aromatic carbocycles. The van der Waals surface area contributed by atoms with Gasteiger partial charge in [0.25, 0.3) is 0 Å². The third-order valence-electron chi connectivity index (χ3n) is 4.85. The topological polar surface area (TPSA) is 61.4 Å². The summed E-state index contributed by atoms with van der Waals surface area (Å²) in [5, 5.41) is 0. The van der Waals surface area contributed by atoms with Crippen LogP contribution < -0.4 is 0 Å². The second-order valence-electron chi connectivity index (χ2n) is 7.30. The number of alkyl halides is 3. The molecule has 10 heteroatoms. The Hall–Kier alpha value is -2.80. The summed E-state index contributed by atoms with van der Waals surface area (Å²) in [7, 11) is 0. The summed E-state index contributed by atoms with van der Waals surface area (Å²) in [6.07, 6.45) is 3.05. The van der Waals surface area contributed by atoms with Gasteiger partial charge in [0.2, 0.25) is 0 Å². The molecule has 31 heavy (non-hydrogen) atoms. The van der Waals surface area contributed by atoms with Crippen molar-refractivity contribution in [2.24, 2.45) is 0 Å². The maximum absolute atomic E-state index is 13.2. The van der Waals surface area contributed by atoms with E-state index in [0.717, 1.165) is 16.5 Å². The van der Waals surface area contributed by atoms with E-state index in [2.05, 4.69) is 27.6 Å². The van der Waals surface area contributed by atoms with E-state index in [9.17, 15) is 13.2 Å². The molecule has 4 rings (SSSR count). The van der Waals surface area contributed by atoms with Gasteiger partial charge in [-0.2, -0.15) is 13.2 Å². The Morgan fingerprint density at radius 1 is 0.806 bits per heavy atom. The third-order valence-corrected chi connectivity index (χ3v) is 4.85. The van der Waals surface area contributed by atoms with Gasteiger partial charge in [0.05, 0.1) is 11.6 Å². The average molecular weight is 605 g/mol. The fourth-order valence-electron chi connectivity index (χ4n) is 3.11. The Balaban J connectivity index is 0.00000272. The zero-order valence-corrected chi connectivity index (χ0v) is 19.0. The van der Waals surface area contributed by atoms with E-state index >= 15 is 0 Å². The molecule has 0 bridgehead atoms. The minimum absolute atomic E-state index is 0. The number of rotatable bonds is 4. The van der Waals surface area contributed by atoms with Crippen LogP contribution in [0.3, 0.4) is 0 Å². The molecule has 0 spiro atoms. The number of hydrogen-bond donors (Lipinski definition) is 0. The normalized spacial score (nSPS) is 11.9. The minimum Gasteiger partial charge on any atom is -0.416 e. The van der Waals surface area contributed by atoms with Crippen molar-refractivity contribution in [2.75, 3.05) is 0 Å². The smallest absolute Gasteiger partial charge is 0.416 e. The average Bonchev–Trinajstić information content (AvgIpc) is 3.37. The molecule has 0 N–H and O–H groups in total. The standard InChI is InChI=1S/C21H17F3N6.Pt/c1-14-10-25-12-29(14)18-8-4-6-15(27-18)20(2,3)16-7-5-9-19(28-16)30-13-26-11-17(30)21(22,23)24;/h4-11H,1-3H3;/q-2;+2. The van der Waals surface area contributed by atoms with Gasteiger partial charge in [-0.05, 0) is 26.0 Å². The molecular formula is C21H17F3N6Pt. The van der Waals surface area contributed by atoms with E-state index in [1.165, 1.54) is 6.07 Å². The van der Waals surface area contributed by atoms with Crippen LogP contribution in [0.4, 0.5) is 13.2 Å². The molecule has 6 nitrogen and oxygen atoms in total. The maximum atomic E-state index is 13.2. The predicted molar refractivity (Wildman–Crippen MR) is 102 cm³/mol. The summed E-state index contributed by atoms with van der Waals surface area (Å²) in [6, 6.07) is 10.5. The number of imidazole rings is 2. The Bertz CT molecular complexity index is 1200. The molecular weight excluding hydrogens is 588 g/mol. The molecule has 4 heterocycles. The van der Waals surface area contributed by atoms with Crippen LogP contribution in [0.2, 0.25) is 0 Å². The molecule has 0 aliphatic carbocycles. The molecule has 0 unspecified atom stereocenters. The summed E-state index contributed by atoms with van der Waals surface area (Å²) < 4.78 is 42.3. The van der Waals surface area contributed by atoms with Crippen LogP contribution in [-0.2, 0) is 32.7 Å². The first-order valence-corrected chi connectivity index (χ1v) is 9.08. The Labute approximate surface area is 191 Å². The monoisotopic (exact) mass is 605 g/mol. The molecule has 0 aliphatic heterocycles. The number of nitrogens with zero attached hydrogens (tertiary/aromatic N) is 6. The number of aryl methyl sites for hydroxylation is 1. The first-order valence-electron chi connectivity index (χ1n) is 9.08. The molecule has 162 valence electrons. The number of aromatic nitrogens is 6. The van der Waals surface area contributed by atoms with Crippen LogP contribution in [0, 0.1) is 19.6 Å². The van der Waals surface area contributed by atoms with Crippen LogP contribution in [-0.4, -0.2) is 29.1 Å². The van der Waals surface area contributed by atoms with Crippen LogP contribution >= 0.6 is 0 Å². The first kappa shape index (κ1) is 22.9. The van der Waals surface area contributed by atoms with Crippen molar-refractivity contribution >= 4 is 0 Å². The minimum atomic E-state index is -4.56. The van der Waals surface area contributed by atoms with E-state index in [-0.39, 0.29) is 26.9 Å². The molecule has 0 fully saturated rings. The summed E-state index contributed by atoms with van der Waals surface area (Å²) >= 11 is 0. The van der Waals surface area contributed by atoms with Gasteiger partial charge in [-0.1, -0.05) is 49.3 Å². The van der Waals surface area contributed by atoms with Crippen molar-refractivity contribution in [2.45, 2.75) is 32.4 Å². The Morgan fingerprint density at radius 3 is 1.84 bits per heavy atom. The van der Waals surface area contributed by atoms with E-state index < -0.39 is 17.3 Å². The second-order valence-corrected chi connectivity index (χ2v) is 7.30. The van der Waals surface area contributed by atoms with Crippen molar-refractivity contribution in [1.82, 2.24) is 29.1 Å². The first-order chi connectivity index (χ1) is 14.2. The zero-order valence-electron chi connectivity index (χ0n) is 16.8. The van der Waals surface area contributed by atoms with E-state index in [4.69, 9.17) is 4.98 Å². The zero-order chi connectivity index (χ0) is 21.5. The molecule has 0 saturated carbocycles. The molecule has 0 saturated heterocycles. The summed E-state index contributed by atoms with van der Waals surface area (Å²) in [4.78, 5) is 16.7. The molecule has 4 aromatic heterocycles. The van der Waals surface area contributed by atoms with E-state index in [0.29, 0.717) is 17.2 Å². The fourth-order valence-corrected chi connectivity index (χ4v) is 3.11. The van der Waals surface area contributed by atoms with Gasteiger partial charge >= 0.3 is 27.2 Å². The second kappa shape index (κ2) is 8.38. The quantitative estimate of drug-likeness (QED) is 0.329. The number of pyridine rings is 2. The van der Waals surface area contributed by atoms with Crippen LogP contribution in [0.15, 0.2) is 48.8 Å². The number of hydrogen-bond acceptors (Lipinski definition) is 4. The molecule has 4 aromatic rings. The van der Waals surface area contributed by atoms with Crippen molar-refractivity contribution in [1.29, 1.82) is 0 Å². The van der Waals surface area contributed by atoms with Gasteiger partial charge < -0.3 is 19.1 Å². The molecule has 0 aliphatic rings. The van der Waals surface area contributed by atoms with Crippen molar-refractivity contribution in [3.63, 3.8) is 0 Å². The van der Waals surface area contributed by atoms with Gasteiger partial charge in [-0.25, -0.2) is 0 Å². The van der Waals surface area contributed by atoms with Gasteiger partial charge in [0, 0.05) is 35.2 Å². The van der Waals surface area contributed by atoms with Crippen LogP contribution in [0.5, 0.6) is 0 Å². The van der Waals surface area contributed by atoms with Crippen molar-refractivity contribution < 1.29 is 34.2 Å². The largest absolute Gasteiger partial charge is 2.00 e. The summed E-state index contributed by atoms with van der Waals surface area (Å²) in [6.45, 7) is 5.73. The number of halogens is 3.